The Hall–Kier alpha value is -1.57. The third-order valence-corrected chi connectivity index (χ3v) is 1.80. The molecule has 0 aliphatic rings. The minimum Gasteiger partial charge on any atom is -0.498 e. The second-order valence-electron chi connectivity index (χ2n) is 2.94. The van der Waals surface area contributed by atoms with Crippen LogP contribution in [0.4, 0.5) is 0 Å². The summed E-state index contributed by atoms with van der Waals surface area (Å²) in [5.41, 5.74) is 0.702. The highest BCUT2D eigenvalue weighted by Gasteiger charge is 2.06. The number of ketones is 1. The van der Waals surface area contributed by atoms with Gasteiger partial charge in [0.15, 0.2) is 5.78 Å². The van der Waals surface area contributed by atoms with Gasteiger partial charge in [-0.1, -0.05) is 36.9 Å². The van der Waals surface area contributed by atoms with E-state index in [0.29, 0.717) is 17.9 Å². The van der Waals surface area contributed by atoms with E-state index in [2.05, 4.69) is 6.58 Å². The molecule has 0 aliphatic heterocycles. The van der Waals surface area contributed by atoms with Gasteiger partial charge in [0.05, 0.1) is 18.8 Å². The summed E-state index contributed by atoms with van der Waals surface area (Å²) in [6, 6.07) is 9.16. The standard InChI is InChI=1S/C12H14O2/c1-3-14-10(2)9-12(13)11-7-5-4-6-8-11/h4-8H,2-3,9H2,1H3. The van der Waals surface area contributed by atoms with Gasteiger partial charge in [0, 0.05) is 5.56 Å². The summed E-state index contributed by atoms with van der Waals surface area (Å²) in [6.45, 7) is 6.10. The minimum absolute atomic E-state index is 0.0454. The zero-order chi connectivity index (χ0) is 10.4. The maximum absolute atomic E-state index is 11.6. The number of hydrogen-bond donors (Lipinski definition) is 0. The van der Waals surface area contributed by atoms with Gasteiger partial charge in [-0.2, -0.15) is 0 Å². The van der Waals surface area contributed by atoms with Crippen LogP contribution >= 0.6 is 0 Å². The van der Waals surface area contributed by atoms with E-state index in [1.54, 1.807) is 12.1 Å². The molecule has 0 saturated heterocycles. The van der Waals surface area contributed by atoms with E-state index in [4.69, 9.17) is 4.74 Å². The van der Waals surface area contributed by atoms with E-state index < -0.39 is 0 Å². The largest absolute Gasteiger partial charge is 0.498 e. The van der Waals surface area contributed by atoms with Gasteiger partial charge in [0.1, 0.15) is 0 Å². The zero-order valence-electron chi connectivity index (χ0n) is 8.32. The normalized spacial score (nSPS) is 9.50. The lowest BCUT2D eigenvalue weighted by Crippen LogP contribution is -2.02. The maximum Gasteiger partial charge on any atom is 0.170 e. The van der Waals surface area contributed by atoms with Crippen molar-refractivity contribution in [3.05, 3.63) is 48.2 Å². The molecule has 0 unspecified atom stereocenters. The number of ether oxygens (including phenoxy) is 1. The van der Waals surface area contributed by atoms with Crippen molar-refractivity contribution in [3.8, 4) is 0 Å². The smallest absolute Gasteiger partial charge is 0.170 e. The van der Waals surface area contributed by atoms with Crippen molar-refractivity contribution in [1.29, 1.82) is 0 Å². The van der Waals surface area contributed by atoms with Crippen LogP contribution in [0.25, 0.3) is 0 Å². The highest BCUT2D eigenvalue weighted by molar-refractivity contribution is 5.97. The van der Waals surface area contributed by atoms with Gasteiger partial charge in [-0.15, -0.1) is 0 Å². The molecule has 1 rings (SSSR count). The Balaban J connectivity index is 2.55. The summed E-state index contributed by atoms with van der Waals surface area (Å²) in [4.78, 5) is 11.6. The maximum atomic E-state index is 11.6. The van der Waals surface area contributed by atoms with Crippen LogP contribution in [0.15, 0.2) is 42.7 Å². The number of allylic oxidation sites excluding steroid dienone is 1. The van der Waals surface area contributed by atoms with Gasteiger partial charge in [-0.3, -0.25) is 4.79 Å². The van der Waals surface area contributed by atoms with E-state index in [-0.39, 0.29) is 12.2 Å². The van der Waals surface area contributed by atoms with Crippen molar-refractivity contribution in [1.82, 2.24) is 0 Å². The molecule has 0 aliphatic carbocycles. The number of rotatable bonds is 5. The van der Waals surface area contributed by atoms with Crippen LogP contribution in [0.2, 0.25) is 0 Å². The molecule has 0 spiro atoms. The van der Waals surface area contributed by atoms with E-state index >= 15 is 0 Å². The summed E-state index contributed by atoms with van der Waals surface area (Å²) < 4.78 is 5.12. The predicted octanol–water partition coefficient (Wildman–Crippen LogP) is 2.81. The Morgan fingerprint density at radius 1 is 1.36 bits per heavy atom. The van der Waals surface area contributed by atoms with E-state index in [1.165, 1.54) is 0 Å². The van der Waals surface area contributed by atoms with E-state index in [1.807, 2.05) is 25.1 Å². The Morgan fingerprint density at radius 3 is 2.57 bits per heavy atom. The molecule has 0 saturated carbocycles. The molecule has 1 aromatic rings. The van der Waals surface area contributed by atoms with Gasteiger partial charge >= 0.3 is 0 Å². The summed E-state index contributed by atoms with van der Waals surface area (Å²) in [6.07, 6.45) is 0.262. The number of carbonyl (C=O) groups excluding carboxylic acids is 1. The Morgan fingerprint density at radius 2 is 2.00 bits per heavy atom. The lowest BCUT2D eigenvalue weighted by atomic mass is 10.1. The molecule has 0 amide bonds. The van der Waals surface area contributed by atoms with Gasteiger partial charge < -0.3 is 4.74 Å². The Bertz CT molecular complexity index is 314. The van der Waals surface area contributed by atoms with Crippen LogP contribution in [0.3, 0.4) is 0 Å². The molecule has 0 N–H and O–H groups in total. The van der Waals surface area contributed by atoms with Crippen molar-refractivity contribution in [2.24, 2.45) is 0 Å². The van der Waals surface area contributed by atoms with Crippen LogP contribution in [-0.4, -0.2) is 12.4 Å². The van der Waals surface area contributed by atoms with Crippen LogP contribution < -0.4 is 0 Å². The molecule has 0 fully saturated rings. The van der Waals surface area contributed by atoms with Gasteiger partial charge in [-0.05, 0) is 6.92 Å². The molecule has 0 aromatic heterocycles. The third-order valence-electron chi connectivity index (χ3n) is 1.80. The number of Topliss-reactive ketones (excluding diaryl/α,β-unsaturated/α-hetero) is 1. The fourth-order valence-corrected chi connectivity index (χ4v) is 1.16. The molecular formula is C12H14O2. The number of hydrogen-bond acceptors (Lipinski definition) is 2. The third kappa shape index (κ3) is 3.05. The number of carbonyl (C=O) groups is 1. The van der Waals surface area contributed by atoms with Crippen LogP contribution in [0, 0.1) is 0 Å². The highest BCUT2D eigenvalue weighted by Crippen LogP contribution is 2.08. The monoisotopic (exact) mass is 190 g/mol. The Labute approximate surface area is 84.2 Å². The molecular weight excluding hydrogens is 176 g/mol. The fraction of sp³-hybridized carbons (Fsp3) is 0.250. The fourth-order valence-electron chi connectivity index (χ4n) is 1.16. The van der Waals surface area contributed by atoms with Gasteiger partial charge in [0.25, 0.3) is 0 Å². The summed E-state index contributed by atoms with van der Waals surface area (Å²) in [7, 11) is 0. The molecule has 14 heavy (non-hydrogen) atoms. The van der Waals surface area contributed by atoms with Crippen LogP contribution in [0.1, 0.15) is 23.7 Å². The summed E-state index contributed by atoms with van der Waals surface area (Å²) in [5.74, 6) is 0.574. The molecule has 0 radical (unpaired) electrons. The van der Waals surface area contributed by atoms with Crippen LogP contribution in [-0.2, 0) is 4.74 Å². The molecule has 74 valence electrons. The molecule has 0 heterocycles. The lowest BCUT2D eigenvalue weighted by Gasteiger charge is -2.05. The van der Waals surface area contributed by atoms with Gasteiger partial charge in [-0.25, -0.2) is 0 Å². The summed E-state index contributed by atoms with van der Waals surface area (Å²) in [5, 5.41) is 0. The first kappa shape index (κ1) is 10.5. The average Bonchev–Trinajstić information content (AvgIpc) is 2.19. The topological polar surface area (TPSA) is 26.3 Å². The van der Waals surface area contributed by atoms with Gasteiger partial charge in [0.2, 0.25) is 0 Å². The molecule has 0 bridgehead atoms. The minimum atomic E-state index is 0.0454. The van der Waals surface area contributed by atoms with Crippen LogP contribution in [0.5, 0.6) is 0 Å². The Kier molecular flexibility index (Phi) is 3.92. The molecule has 0 atom stereocenters. The average molecular weight is 190 g/mol. The summed E-state index contributed by atoms with van der Waals surface area (Å²) >= 11 is 0. The molecule has 2 nitrogen and oxygen atoms in total. The first-order chi connectivity index (χ1) is 6.74. The second kappa shape index (κ2) is 5.22. The SMILES string of the molecule is C=C(CC(=O)c1ccccc1)OCC. The number of benzene rings is 1. The van der Waals surface area contributed by atoms with Crippen molar-refractivity contribution in [2.45, 2.75) is 13.3 Å². The zero-order valence-corrected chi connectivity index (χ0v) is 8.32. The van der Waals surface area contributed by atoms with E-state index in [0.717, 1.165) is 0 Å². The first-order valence-electron chi connectivity index (χ1n) is 4.63. The lowest BCUT2D eigenvalue weighted by molar-refractivity contribution is 0.0965. The van der Waals surface area contributed by atoms with Crippen molar-refractivity contribution in [2.75, 3.05) is 6.61 Å². The van der Waals surface area contributed by atoms with Crippen molar-refractivity contribution >= 4 is 5.78 Å². The molecule has 2 heteroatoms. The highest BCUT2D eigenvalue weighted by atomic mass is 16.5. The quantitative estimate of drug-likeness (QED) is 0.527. The molecule has 1 aromatic carbocycles. The van der Waals surface area contributed by atoms with E-state index in [9.17, 15) is 4.79 Å². The first-order valence-corrected chi connectivity index (χ1v) is 4.63. The van der Waals surface area contributed by atoms with Crippen molar-refractivity contribution < 1.29 is 9.53 Å². The predicted molar refractivity (Wildman–Crippen MR) is 56.2 cm³/mol. The van der Waals surface area contributed by atoms with Crippen molar-refractivity contribution in [3.63, 3.8) is 0 Å². The second-order valence-corrected chi connectivity index (χ2v) is 2.94.